The van der Waals surface area contributed by atoms with Crippen LogP contribution in [0.15, 0.2) is 41.3 Å². The Kier molecular flexibility index (Phi) is 10.7. The number of aromatic nitrogens is 1. The predicted molar refractivity (Wildman–Crippen MR) is 137 cm³/mol. The average Bonchev–Trinajstić information content (AvgIpc) is 2.86. The highest BCUT2D eigenvalue weighted by molar-refractivity contribution is 5.94. The summed E-state index contributed by atoms with van der Waals surface area (Å²) in [5.41, 5.74) is -1.08. The zero-order valence-corrected chi connectivity index (χ0v) is 22.3. The SMILES string of the molecule is CCCCOc1c(C(=O)OC)n(C(CNC(=O)OC(C)(C)C)Cc2ccccc2)cc(C(=O)OC)c1=O. The zero-order chi connectivity index (χ0) is 27.6. The second kappa shape index (κ2) is 13.5. The number of methoxy groups -OCH3 is 2. The number of esters is 2. The number of alkyl carbamates (subject to hydrolysis) is 1. The van der Waals surface area contributed by atoms with E-state index in [2.05, 4.69) is 5.32 Å². The molecule has 202 valence electrons. The molecule has 0 saturated carbocycles. The molecule has 10 nitrogen and oxygen atoms in total. The quantitative estimate of drug-likeness (QED) is 0.271. The van der Waals surface area contributed by atoms with Gasteiger partial charge in [-0.3, -0.25) is 4.79 Å². The summed E-state index contributed by atoms with van der Waals surface area (Å²) in [5, 5.41) is 2.72. The van der Waals surface area contributed by atoms with E-state index >= 15 is 0 Å². The van der Waals surface area contributed by atoms with Gasteiger partial charge in [-0.1, -0.05) is 43.7 Å². The minimum atomic E-state index is -0.880. The Labute approximate surface area is 216 Å². The largest absolute Gasteiger partial charge is 0.487 e. The highest BCUT2D eigenvalue weighted by Crippen LogP contribution is 2.24. The molecular weight excluding hydrogens is 480 g/mol. The van der Waals surface area contributed by atoms with Crippen molar-refractivity contribution in [1.29, 1.82) is 0 Å². The maximum atomic E-state index is 13.2. The summed E-state index contributed by atoms with van der Waals surface area (Å²) in [6.45, 7) is 7.34. The third-order valence-corrected chi connectivity index (χ3v) is 5.31. The molecule has 1 aromatic heterocycles. The van der Waals surface area contributed by atoms with Crippen LogP contribution in [-0.2, 0) is 20.6 Å². The van der Waals surface area contributed by atoms with Crippen LogP contribution in [0.2, 0.25) is 0 Å². The molecule has 0 bridgehead atoms. The topological polar surface area (TPSA) is 122 Å². The molecule has 0 aliphatic carbocycles. The molecule has 0 aliphatic rings. The number of carbonyl (C=O) groups is 3. The van der Waals surface area contributed by atoms with Gasteiger partial charge in [0, 0.05) is 12.7 Å². The van der Waals surface area contributed by atoms with Gasteiger partial charge in [0.15, 0.2) is 11.4 Å². The molecule has 37 heavy (non-hydrogen) atoms. The van der Waals surface area contributed by atoms with Crippen molar-refractivity contribution in [1.82, 2.24) is 9.88 Å². The first-order valence-electron chi connectivity index (χ1n) is 12.1. The second-order valence-electron chi connectivity index (χ2n) is 9.37. The fraction of sp³-hybridized carbons (Fsp3) is 0.481. The Balaban J connectivity index is 2.70. The maximum absolute atomic E-state index is 13.2. The smallest absolute Gasteiger partial charge is 0.407 e. The van der Waals surface area contributed by atoms with E-state index < -0.39 is 35.1 Å². The molecule has 1 amide bonds. The first-order valence-corrected chi connectivity index (χ1v) is 12.1. The van der Waals surface area contributed by atoms with Crippen molar-refractivity contribution >= 4 is 18.0 Å². The highest BCUT2D eigenvalue weighted by atomic mass is 16.6. The standard InChI is InChI=1S/C27H36N2O8/c1-7-8-14-36-23-21(25(32)35-6)29(17-20(22(23)30)24(31)34-5)19(15-18-12-10-9-11-13-18)16-28-26(33)37-27(2,3)4/h9-13,17,19H,7-8,14-16H2,1-6H3,(H,28,33). The summed E-state index contributed by atoms with van der Waals surface area (Å²) in [5.74, 6) is -2.01. The lowest BCUT2D eigenvalue weighted by Gasteiger charge is -2.27. The molecule has 2 rings (SSSR count). The number of ether oxygens (including phenoxy) is 4. The first-order chi connectivity index (χ1) is 17.5. The van der Waals surface area contributed by atoms with E-state index in [1.165, 1.54) is 17.9 Å². The monoisotopic (exact) mass is 516 g/mol. The van der Waals surface area contributed by atoms with Crippen molar-refractivity contribution in [3.05, 3.63) is 63.6 Å². The Hall–Kier alpha value is -3.82. The molecule has 1 aromatic carbocycles. The first kappa shape index (κ1) is 29.4. The van der Waals surface area contributed by atoms with E-state index in [1.54, 1.807) is 20.8 Å². The van der Waals surface area contributed by atoms with Gasteiger partial charge in [0.1, 0.15) is 11.2 Å². The normalized spacial score (nSPS) is 11.8. The molecule has 0 radical (unpaired) electrons. The van der Waals surface area contributed by atoms with Crippen LogP contribution in [0, 0.1) is 0 Å². The molecule has 0 spiro atoms. The highest BCUT2D eigenvalue weighted by Gasteiger charge is 2.30. The second-order valence-corrected chi connectivity index (χ2v) is 9.37. The van der Waals surface area contributed by atoms with Crippen molar-refractivity contribution in [3.8, 4) is 5.75 Å². The summed E-state index contributed by atoms with van der Waals surface area (Å²) >= 11 is 0. The van der Waals surface area contributed by atoms with Crippen molar-refractivity contribution in [2.75, 3.05) is 27.4 Å². The van der Waals surface area contributed by atoms with Gasteiger partial charge in [0.05, 0.1) is 26.9 Å². The fourth-order valence-electron chi connectivity index (χ4n) is 3.57. The van der Waals surface area contributed by atoms with Crippen LogP contribution in [-0.4, -0.2) is 55.6 Å². The molecule has 0 fully saturated rings. The van der Waals surface area contributed by atoms with Crippen LogP contribution < -0.4 is 15.5 Å². The number of unbranched alkanes of at least 4 members (excludes halogenated alkanes) is 1. The molecule has 1 atom stereocenters. The maximum Gasteiger partial charge on any atom is 0.407 e. The number of rotatable bonds is 11. The van der Waals surface area contributed by atoms with E-state index in [0.29, 0.717) is 12.8 Å². The van der Waals surface area contributed by atoms with Crippen LogP contribution in [0.5, 0.6) is 5.75 Å². The van der Waals surface area contributed by atoms with Crippen LogP contribution >= 0.6 is 0 Å². The summed E-state index contributed by atoms with van der Waals surface area (Å²) in [4.78, 5) is 51.2. The van der Waals surface area contributed by atoms with Crippen LogP contribution in [0.1, 0.15) is 73.0 Å². The van der Waals surface area contributed by atoms with E-state index in [1.807, 2.05) is 37.3 Å². The van der Waals surface area contributed by atoms with Gasteiger partial charge in [-0.25, -0.2) is 14.4 Å². The molecule has 10 heteroatoms. The Morgan fingerprint density at radius 1 is 1.03 bits per heavy atom. The molecule has 1 unspecified atom stereocenters. The lowest BCUT2D eigenvalue weighted by molar-refractivity contribution is 0.0516. The van der Waals surface area contributed by atoms with E-state index in [-0.39, 0.29) is 30.2 Å². The lowest BCUT2D eigenvalue weighted by atomic mass is 10.0. The Morgan fingerprint density at radius 3 is 2.24 bits per heavy atom. The summed E-state index contributed by atoms with van der Waals surface area (Å²) < 4.78 is 22.3. The van der Waals surface area contributed by atoms with Crippen molar-refractivity contribution in [2.45, 2.75) is 58.6 Å². The van der Waals surface area contributed by atoms with Gasteiger partial charge in [0.25, 0.3) is 0 Å². The number of hydrogen-bond donors (Lipinski definition) is 1. The fourth-order valence-corrected chi connectivity index (χ4v) is 3.57. The van der Waals surface area contributed by atoms with Crippen molar-refractivity contribution < 1.29 is 33.3 Å². The third-order valence-electron chi connectivity index (χ3n) is 5.31. The number of amides is 1. The summed E-state index contributed by atoms with van der Waals surface area (Å²) in [6.07, 6.45) is 2.33. The van der Waals surface area contributed by atoms with Crippen LogP contribution in [0.25, 0.3) is 0 Å². The average molecular weight is 517 g/mol. The van der Waals surface area contributed by atoms with Crippen molar-refractivity contribution in [3.63, 3.8) is 0 Å². The molecule has 1 heterocycles. The Bertz CT molecular complexity index is 1140. The van der Waals surface area contributed by atoms with Crippen LogP contribution in [0.4, 0.5) is 4.79 Å². The molecule has 1 N–H and O–H groups in total. The number of benzene rings is 1. The van der Waals surface area contributed by atoms with E-state index in [4.69, 9.17) is 18.9 Å². The Morgan fingerprint density at radius 2 is 1.68 bits per heavy atom. The lowest BCUT2D eigenvalue weighted by Crippen LogP contribution is -2.38. The van der Waals surface area contributed by atoms with Gasteiger partial charge in [0.2, 0.25) is 5.43 Å². The number of nitrogens with zero attached hydrogens (tertiary/aromatic N) is 1. The van der Waals surface area contributed by atoms with Gasteiger partial charge in [-0.15, -0.1) is 0 Å². The molecule has 0 saturated heterocycles. The van der Waals surface area contributed by atoms with E-state index in [9.17, 15) is 19.2 Å². The van der Waals surface area contributed by atoms with Gasteiger partial charge in [-0.05, 0) is 39.2 Å². The summed E-state index contributed by atoms with van der Waals surface area (Å²) in [7, 11) is 2.34. The molecule has 0 aliphatic heterocycles. The van der Waals surface area contributed by atoms with Crippen molar-refractivity contribution in [2.24, 2.45) is 0 Å². The number of carbonyl (C=O) groups excluding carboxylic acids is 3. The van der Waals surface area contributed by atoms with Gasteiger partial charge >= 0.3 is 18.0 Å². The van der Waals surface area contributed by atoms with Gasteiger partial charge < -0.3 is 28.8 Å². The number of hydrogen-bond acceptors (Lipinski definition) is 8. The zero-order valence-electron chi connectivity index (χ0n) is 22.3. The van der Waals surface area contributed by atoms with E-state index in [0.717, 1.165) is 19.1 Å². The minimum Gasteiger partial charge on any atom is -0.487 e. The van der Waals surface area contributed by atoms with Crippen LogP contribution in [0.3, 0.4) is 0 Å². The number of pyridine rings is 1. The predicted octanol–water partition coefficient (Wildman–Crippen LogP) is 3.91. The minimum absolute atomic E-state index is 0.00564. The summed E-state index contributed by atoms with van der Waals surface area (Å²) in [6, 6.07) is 8.73. The van der Waals surface area contributed by atoms with Gasteiger partial charge in [-0.2, -0.15) is 0 Å². The number of nitrogens with one attached hydrogen (secondary N) is 1. The molecule has 2 aromatic rings. The third kappa shape index (κ3) is 8.37. The molecular formula is C27H36N2O8.